The lowest BCUT2D eigenvalue weighted by molar-refractivity contribution is -0.213. The van der Waals surface area contributed by atoms with Crippen molar-refractivity contribution >= 4 is 6.03 Å². The van der Waals surface area contributed by atoms with Crippen LogP contribution in [0.4, 0.5) is 4.79 Å². The summed E-state index contributed by atoms with van der Waals surface area (Å²) in [5, 5.41) is 5.87. The zero-order valence-corrected chi connectivity index (χ0v) is 13.0. The van der Waals surface area contributed by atoms with Crippen molar-refractivity contribution in [2.75, 3.05) is 20.8 Å². The van der Waals surface area contributed by atoms with Crippen molar-refractivity contribution in [3.63, 3.8) is 0 Å². The molecule has 0 aliphatic heterocycles. The normalized spacial score (nSPS) is 26.4. The van der Waals surface area contributed by atoms with E-state index in [1.54, 1.807) is 20.4 Å². The molecule has 2 N–H and O–H groups in total. The first kappa shape index (κ1) is 15.2. The molecule has 2 fully saturated rings. The topological polar surface area (TPSA) is 72.5 Å². The Morgan fingerprint density at radius 1 is 1.27 bits per heavy atom. The molecule has 3 rings (SSSR count). The molecule has 2 aliphatic carbocycles. The highest BCUT2D eigenvalue weighted by Crippen LogP contribution is 2.51. The van der Waals surface area contributed by atoms with Gasteiger partial charge in [0.05, 0.1) is 6.54 Å². The quantitative estimate of drug-likeness (QED) is 0.784. The lowest BCUT2D eigenvalue weighted by Gasteiger charge is -2.30. The lowest BCUT2D eigenvalue weighted by Crippen LogP contribution is -2.49. The van der Waals surface area contributed by atoms with Crippen molar-refractivity contribution < 1.29 is 14.3 Å². The van der Waals surface area contributed by atoms with Crippen molar-refractivity contribution in [2.24, 2.45) is 11.8 Å². The molecule has 2 unspecified atom stereocenters. The number of carbonyl (C=O) groups excluding carboxylic acids is 1. The number of aromatic nitrogens is 1. The number of urea groups is 1. The SMILES string of the molecule is COC(CNC(=O)NC1CC2CC2C1)(OC)c1ccccn1. The largest absolute Gasteiger partial charge is 0.347 e. The summed E-state index contributed by atoms with van der Waals surface area (Å²) in [7, 11) is 3.09. The van der Waals surface area contributed by atoms with E-state index >= 15 is 0 Å². The van der Waals surface area contributed by atoms with Crippen LogP contribution in [-0.4, -0.2) is 37.8 Å². The number of fused-ring (bicyclic) bond motifs is 1. The standard InChI is InChI=1S/C16H23N3O3/c1-21-16(22-2,14-5-3-4-6-17-14)10-18-15(20)19-13-8-11-7-12(11)9-13/h3-6,11-13H,7-10H2,1-2H3,(H2,18,19,20). The molecular weight excluding hydrogens is 282 g/mol. The van der Waals surface area contributed by atoms with Crippen molar-refractivity contribution in [1.82, 2.24) is 15.6 Å². The lowest BCUT2D eigenvalue weighted by atomic mass is 10.1. The van der Waals surface area contributed by atoms with Gasteiger partial charge in [0.2, 0.25) is 5.79 Å². The summed E-state index contributed by atoms with van der Waals surface area (Å²) in [6.45, 7) is 0.197. The molecule has 0 radical (unpaired) electrons. The first-order valence-corrected chi connectivity index (χ1v) is 7.73. The highest BCUT2D eigenvalue weighted by molar-refractivity contribution is 5.74. The van der Waals surface area contributed by atoms with Crippen LogP contribution in [0.5, 0.6) is 0 Å². The van der Waals surface area contributed by atoms with E-state index in [1.165, 1.54) is 6.42 Å². The van der Waals surface area contributed by atoms with Gasteiger partial charge in [0.1, 0.15) is 5.69 Å². The molecule has 1 heterocycles. The van der Waals surface area contributed by atoms with Crippen molar-refractivity contribution in [1.29, 1.82) is 0 Å². The van der Waals surface area contributed by atoms with Gasteiger partial charge in [0, 0.05) is 26.5 Å². The van der Waals surface area contributed by atoms with Gasteiger partial charge in [-0.25, -0.2) is 4.79 Å². The zero-order valence-electron chi connectivity index (χ0n) is 13.0. The smallest absolute Gasteiger partial charge is 0.315 e. The molecular formula is C16H23N3O3. The summed E-state index contributed by atoms with van der Waals surface area (Å²) in [6, 6.07) is 5.63. The molecule has 1 aromatic rings. The Bertz CT molecular complexity index is 509. The average molecular weight is 305 g/mol. The second-order valence-electron chi connectivity index (χ2n) is 6.13. The molecule has 0 saturated heterocycles. The van der Waals surface area contributed by atoms with Crippen LogP contribution in [0.1, 0.15) is 25.0 Å². The molecule has 0 bridgehead atoms. The number of carbonyl (C=O) groups is 1. The highest BCUT2D eigenvalue weighted by atomic mass is 16.7. The third-order valence-corrected chi connectivity index (χ3v) is 4.78. The van der Waals surface area contributed by atoms with Crippen molar-refractivity contribution in [2.45, 2.75) is 31.1 Å². The van der Waals surface area contributed by atoms with E-state index < -0.39 is 5.79 Å². The van der Waals surface area contributed by atoms with Gasteiger partial charge in [-0.05, 0) is 43.2 Å². The molecule has 0 aromatic carbocycles. The fourth-order valence-corrected chi connectivity index (χ4v) is 3.38. The van der Waals surface area contributed by atoms with Crippen LogP contribution in [0, 0.1) is 11.8 Å². The van der Waals surface area contributed by atoms with Gasteiger partial charge in [-0.2, -0.15) is 0 Å². The predicted octanol–water partition coefficient (Wildman–Crippen LogP) is 1.62. The Balaban J connectivity index is 1.55. The second kappa shape index (κ2) is 6.22. The Kier molecular flexibility index (Phi) is 4.31. The molecule has 2 amide bonds. The van der Waals surface area contributed by atoms with E-state index in [0.29, 0.717) is 11.7 Å². The zero-order chi connectivity index (χ0) is 15.6. The van der Waals surface area contributed by atoms with Crippen LogP contribution in [-0.2, 0) is 15.3 Å². The van der Waals surface area contributed by atoms with Gasteiger partial charge in [0.15, 0.2) is 0 Å². The molecule has 0 spiro atoms. The first-order chi connectivity index (χ1) is 10.7. The van der Waals surface area contributed by atoms with E-state index in [4.69, 9.17) is 9.47 Å². The van der Waals surface area contributed by atoms with Gasteiger partial charge in [0.25, 0.3) is 0 Å². The van der Waals surface area contributed by atoms with Crippen LogP contribution >= 0.6 is 0 Å². The molecule has 1 aromatic heterocycles. The number of nitrogens with one attached hydrogen (secondary N) is 2. The molecule has 120 valence electrons. The van der Waals surface area contributed by atoms with Crippen LogP contribution in [0.2, 0.25) is 0 Å². The molecule has 2 saturated carbocycles. The van der Waals surface area contributed by atoms with Crippen LogP contribution in [0.15, 0.2) is 24.4 Å². The Labute approximate surface area is 130 Å². The number of hydrogen-bond acceptors (Lipinski definition) is 4. The molecule has 6 nitrogen and oxygen atoms in total. The number of hydrogen-bond donors (Lipinski definition) is 2. The Hall–Kier alpha value is -1.66. The maximum atomic E-state index is 12.1. The third kappa shape index (κ3) is 3.08. The minimum Gasteiger partial charge on any atom is -0.347 e. The fourth-order valence-electron chi connectivity index (χ4n) is 3.38. The van der Waals surface area contributed by atoms with Gasteiger partial charge in [-0.3, -0.25) is 4.98 Å². The monoisotopic (exact) mass is 305 g/mol. The number of amides is 2. The summed E-state index contributed by atoms with van der Waals surface area (Å²) >= 11 is 0. The summed E-state index contributed by atoms with van der Waals surface area (Å²) in [6.07, 6.45) is 5.24. The number of ether oxygens (including phenoxy) is 2. The maximum absolute atomic E-state index is 12.1. The summed E-state index contributed by atoms with van der Waals surface area (Å²) in [5.74, 6) is 0.614. The molecule has 6 heteroatoms. The van der Waals surface area contributed by atoms with E-state index in [0.717, 1.165) is 24.7 Å². The minimum atomic E-state index is -1.07. The van der Waals surface area contributed by atoms with Crippen LogP contribution < -0.4 is 10.6 Å². The minimum absolute atomic E-state index is 0.180. The summed E-state index contributed by atoms with van der Waals surface area (Å²) < 4.78 is 11.0. The maximum Gasteiger partial charge on any atom is 0.315 e. The van der Waals surface area contributed by atoms with E-state index in [1.807, 2.05) is 18.2 Å². The van der Waals surface area contributed by atoms with E-state index in [2.05, 4.69) is 15.6 Å². The predicted molar refractivity (Wildman–Crippen MR) is 81.1 cm³/mol. The number of methoxy groups -OCH3 is 2. The summed E-state index contributed by atoms with van der Waals surface area (Å²) in [5.41, 5.74) is 0.627. The second-order valence-corrected chi connectivity index (χ2v) is 6.13. The average Bonchev–Trinajstić information content (AvgIpc) is 3.16. The van der Waals surface area contributed by atoms with E-state index in [-0.39, 0.29) is 12.6 Å². The Morgan fingerprint density at radius 2 is 2.00 bits per heavy atom. The molecule has 22 heavy (non-hydrogen) atoms. The number of nitrogens with zero attached hydrogens (tertiary/aromatic N) is 1. The van der Waals surface area contributed by atoms with Crippen molar-refractivity contribution in [3.05, 3.63) is 30.1 Å². The van der Waals surface area contributed by atoms with Gasteiger partial charge < -0.3 is 20.1 Å². The third-order valence-electron chi connectivity index (χ3n) is 4.78. The summed E-state index contributed by atoms with van der Waals surface area (Å²) in [4.78, 5) is 16.3. The molecule has 2 aliphatic rings. The number of rotatable bonds is 6. The van der Waals surface area contributed by atoms with Crippen molar-refractivity contribution in [3.8, 4) is 0 Å². The van der Waals surface area contributed by atoms with Crippen LogP contribution in [0.25, 0.3) is 0 Å². The van der Waals surface area contributed by atoms with Gasteiger partial charge in [-0.15, -0.1) is 0 Å². The fraction of sp³-hybridized carbons (Fsp3) is 0.625. The van der Waals surface area contributed by atoms with Crippen LogP contribution in [0.3, 0.4) is 0 Å². The first-order valence-electron chi connectivity index (χ1n) is 7.73. The molecule has 2 atom stereocenters. The Morgan fingerprint density at radius 3 is 2.59 bits per heavy atom. The van der Waals surface area contributed by atoms with Gasteiger partial charge in [-0.1, -0.05) is 6.07 Å². The highest BCUT2D eigenvalue weighted by Gasteiger charge is 2.46. The van der Waals surface area contributed by atoms with Gasteiger partial charge >= 0.3 is 6.03 Å². The number of pyridine rings is 1. The van der Waals surface area contributed by atoms with E-state index in [9.17, 15) is 4.79 Å².